The summed E-state index contributed by atoms with van der Waals surface area (Å²) < 4.78 is 0.767. The van der Waals surface area contributed by atoms with Crippen molar-refractivity contribution in [2.75, 3.05) is 6.54 Å². The van der Waals surface area contributed by atoms with Gasteiger partial charge in [0, 0.05) is 10.8 Å². The highest BCUT2D eigenvalue weighted by Crippen LogP contribution is 2.33. The van der Waals surface area contributed by atoms with Crippen molar-refractivity contribution >= 4 is 28.8 Å². The summed E-state index contributed by atoms with van der Waals surface area (Å²) in [5.41, 5.74) is 5.74. The van der Waals surface area contributed by atoms with Crippen molar-refractivity contribution < 1.29 is 4.79 Å². The molecular formula is C14H21ClN2OS. The van der Waals surface area contributed by atoms with Gasteiger partial charge in [0.2, 0.25) is 5.91 Å². The molecule has 1 saturated carbocycles. The van der Waals surface area contributed by atoms with Crippen LogP contribution in [0.1, 0.15) is 43.5 Å². The molecule has 0 radical (unpaired) electrons. The van der Waals surface area contributed by atoms with Gasteiger partial charge < -0.3 is 11.1 Å². The van der Waals surface area contributed by atoms with E-state index in [1.165, 1.54) is 11.3 Å². The van der Waals surface area contributed by atoms with E-state index < -0.39 is 0 Å². The summed E-state index contributed by atoms with van der Waals surface area (Å²) in [6, 6.07) is 3.95. The van der Waals surface area contributed by atoms with E-state index in [0.29, 0.717) is 12.5 Å². The number of nitrogens with two attached hydrogens (primary N) is 1. The van der Waals surface area contributed by atoms with Crippen molar-refractivity contribution in [1.82, 2.24) is 5.32 Å². The van der Waals surface area contributed by atoms with Crippen LogP contribution < -0.4 is 11.1 Å². The van der Waals surface area contributed by atoms with E-state index in [9.17, 15) is 4.79 Å². The number of halogens is 1. The van der Waals surface area contributed by atoms with Gasteiger partial charge in [-0.2, -0.15) is 0 Å². The summed E-state index contributed by atoms with van der Waals surface area (Å²) >= 11 is 7.50. The number of amides is 1. The Labute approximate surface area is 123 Å². The Bertz CT molecular complexity index is 435. The van der Waals surface area contributed by atoms with Crippen LogP contribution in [0.25, 0.3) is 0 Å². The third-order valence-corrected chi connectivity index (χ3v) is 5.31. The molecular weight excluding hydrogens is 280 g/mol. The summed E-state index contributed by atoms with van der Waals surface area (Å²) in [7, 11) is 0. The number of carbonyl (C=O) groups is 1. The molecule has 1 fully saturated rings. The fraction of sp³-hybridized carbons (Fsp3) is 0.643. The van der Waals surface area contributed by atoms with Gasteiger partial charge in [-0.3, -0.25) is 4.79 Å². The van der Waals surface area contributed by atoms with E-state index >= 15 is 0 Å². The lowest BCUT2D eigenvalue weighted by atomic mass is 9.95. The zero-order valence-electron chi connectivity index (χ0n) is 11.2. The van der Waals surface area contributed by atoms with Gasteiger partial charge in [0.15, 0.2) is 0 Å². The quantitative estimate of drug-likeness (QED) is 0.876. The third kappa shape index (κ3) is 3.50. The lowest BCUT2D eigenvalue weighted by Crippen LogP contribution is -2.36. The zero-order chi connectivity index (χ0) is 13.8. The number of hydrogen-bond donors (Lipinski definition) is 2. The van der Waals surface area contributed by atoms with Gasteiger partial charge >= 0.3 is 0 Å². The molecule has 0 saturated heterocycles. The average molecular weight is 301 g/mol. The molecule has 19 heavy (non-hydrogen) atoms. The van der Waals surface area contributed by atoms with Crippen LogP contribution in [0.2, 0.25) is 4.34 Å². The van der Waals surface area contributed by atoms with E-state index in [0.717, 1.165) is 34.9 Å². The Morgan fingerprint density at radius 2 is 2.37 bits per heavy atom. The van der Waals surface area contributed by atoms with E-state index in [2.05, 4.69) is 12.2 Å². The van der Waals surface area contributed by atoms with Gasteiger partial charge in [-0.05, 0) is 43.9 Å². The van der Waals surface area contributed by atoms with Gasteiger partial charge in [0.05, 0.1) is 10.4 Å². The van der Waals surface area contributed by atoms with E-state index in [-0.39, 0.29) is 17.9 Å². The fourth-order valence-corrected chi connectivity index (χ4v) is 4.03. The second kappa shape index (κ2) is 6.73. The second-order valence-electron chi connectivity index (χ2n) is 5.14. The van der Waals surface area contributed by atoms with Crippen LogP contribution in [0.4, 0.5) is 0 Å². The Kier molecular flexibility index (Phi) is 5.25. The molecule has 0 aliphatic heterocycles. The Morgan fingerprint density at radius 1 is 1.58 bits per heavy atom. The number of carbonyl (C=O) groups excluding carboxylic acids is 1. The topological polar surface area (TPSA) is 55.1 Å². The molecule has 3 nitrogen and oxygen atoms in total. The molecule has 3 atom stereocenters. The minimum absolute atomic E-state index is 0.0732. The maximum Gasteiger partial charge on any atom is 0.223 e. The summed E-state index contributed by atoms with van der Waals surface area (Å²) in [4.78, 5) is 13.5. The summed E-state index contributed by atoms with van der Waals surface area (Å²) in [5.74, 6) is 0.600. The standard InChI is InChI=1S/C14H21ClN2OS/c1-2-11(12-6-7-13(15)19-12)17-14(18)10-5-3-4-9(10)8-16/h6-7,9-11H,2-5,8,16H2,1H3,(H,17,18)/t9-,10-,11?/m1/s1. The Hall–Kier alpha value is -0.580. The molecule has 0 aromatic carbocycles. The Balaban J connectivity index is 2.00. The highest BCUT2D eigenvalue weighted by molar-refractivity contribution is 7.16. The number of thiophene rings is 1. The first-order valence-corrected chi connectivity index (χ1v) is 8.10. The lowest BCUT2D eigenvalue weighted by molar-refractivity contribution is -0.126. The van der Waals surface area contributed by atoms with Crippen LogP contribution in [-0.2, 0) is 4.79 Å². The third-order valence-electron chi connectivity index (χ3n) is 3.96. The molecule has 1 aliphatic carbocycles. The molecule has 1 aromatic rings. The monoisotopic (exact) mass is 300 g/mol. The van der Waals surface area contributed by atoms with Gasteiger partial charge in [-0.15, -0.1) is 11.3 Å². The van der Waals surface area contributed by atoms with Crippen LogP contribution in [0, 0.1) is 11.8 Å². The molecule has 106 valence electrons. The molecule has 3 N–H and O–H groups in total. The first kappa shape index (κ1) is 14.8. The van der Waals surface area contributed by atoms with Crippen molar-refractivity contribution in [3.05, 3.63) is 21.3 Å². The SMILES string of the molecule is CCC(NC(=O)[C@@H]1CCC[C@@H]1CN)c1ccc(Cl)s1. The molecule has 1 aliphatic rings. The molecule has 0 bridgehead atoms. The second-order valence-corrected chi connectivity index (χ2v) is 6.89. The number of nitrogens with one attached hydrogen (secondary N) is 1. The van der Waals surface area contributed by atoms with Crippen molar-refractivity contribution in [2.24, 2.45) is 17.6 Å². The Morgan fingerprint density at radius 3 is 2.95 bits per heavy atom. The van der Waals surface area contributed by atoms with Crippen LogP contribution in [-0.4, -0.2) is 12.5 Å². The van der Waals surface area contributed by atoms with Crippen LogP contribution in [0.15, 0.2) is 12.1 Å². The fourth-order valence-electron chi connectivity index (χ4n) is 2.83. The van der Waals surface area contributed by atoms with E-state index in [1.807, 2.05) is 12.1 Å². The number of rotatable bonds is 5. The van der Waals surface area contributed by atoms with Crippen LogP contribution in [0.5, 0.6) is 0 Å². The van der Waals surface area contributed by atoms with Crippen molar-refractivity contribution in [3.8, 4) is 0 Å². The molecule has 1 heterocycles. The summed E-state index contributed by atoms with van der Waals surface area (Å²) in [6.45, 7) is 2.69. The van der Waals surface area contributed by atoms with Gasteiger partial charge in [0.25, 0.3) is 0 Å². The lowest BCUT2D eigenvalue weighted by Gasteiger charge is -2.21. The first-order valence-electron chi connectivity index (χ1n) is 6.91. The molecule has 2 rings (SSSR count). The molecule has 0 spiro atoms. The largest absolute Gasteiger partial charge is 0.348 e. The summed E-state index contributed by atoms with van der Waals surface area (Å²) in [6.07, 6.45) is 4.04. The average Bonchev–Trinajstić information content (AvgIpc) is 3.03. The van der Waals surface area contributed by atoms with Crippen molar-refractivity contribution in [1.29, 1.82) is 0 Å². The smallest absolute Gasteiger partial charge is 0.223 e. The van der Waals surface area contributed by atoms with Gasteiger partial charge in [-0.1, -0.05) is 24.9 Å². The minimum Gasteiger partial charge on any atom is -0.348 e. The normalized spacial score (nSPS) is 24.4. The van der Waals surface area contributed by atoms with E-state index in [1.54, 1.807) is 0 Å². The predicted molar refractivity (Wildman–Crippen MR) is 80.4 cm³/mol. The van der Waals surface area contributed by atoms with Gasteiger partial charge in [-0.25, -0.2) is 0 Å². The maximum absolute atomic E-state index is 12.4. The first-order chi connectivity index (χ1) is 9.15. The highest BCUT2D eigenvalue weighted by Gasteiger charge is 2.32. The predicted octanol–water partition coefficient (Wildman–Crippen LogP) is 3.34. The molecule has 1 unspecified atom stereocenters. The van der Waals surface area contributed by atoms with Gasteiger partial charge in [0.1, 0.15) is 0 Å². The number of hydrogen-bond acceptors (Lipinski definition) is 3. The van der Waals surface area contributed by atoms with Crippen molar-refractivity contribution in [2.45, 2.75) is 38.6 Å². The maximum atomic E-state index is 12.4. The van der Waals surface area contributed by atoms with Crippen LogP contribution >= 0.6 is 22.9 Å². The van der Waals surface area contributed by atoms with Crippen LogP contribution in [0.3, 0.4) is 0 Å². The van der Waals surface area contributed by atoms with E-state index in [4.69, 9.17) is 17.3 Å². The molecule has 1 amide bonds. The highest BCUT2D eigenvalue weighted by atomic mass is 35.5. The minimum atomic E-state index is 0.0732. The van der Waals surface area contributed by atoms with Crippen molar-refractivity contribution in [3.63, 3.8) is 0 Å². The molecule has 5 heteroatoms. The summed E-state index contributed by atoms with van der Waals surface area (Å²) in [5, 5.41) is 3.16. The molecule has 1 aromatic heterocycles. The zero-order valence-corrected chi connectivity index (χ0v) is 12.8.